The maximum absolute atomic E-state index is 5.59. The van der Waals surface area contributed by atoms with Gasteiger partial charge in [-0.05, 0) is 19.9 Å². The molecule has 0 unspecified atom stereocenters. The van der Waals surface area contributed by atoms with Crippen molar-refractivity contribution in [2.45, 2.75) is 20.0 Å². The van der Waals surface area contributed by atoms with E-state index in [4.69, 9.17) is 4.74 Å². The van der Waals surface area contributed by atoms with Crippen LogP contribution in [0.15, 0.2) is 18.5 Å². The van der Waals surface area contributed by atoms with Crippen molar-refractivity contribution in [3.63, 3.8) is 0 Å². The number of nitrogens with one attached hydrogen (secondary N) is 1. The van der Waals surface area contributed by atoms with Crippen LogP contribution in [0.4, 0.5) is 5.13 Å². The number of hydrogen-bond donors (Lipinski definition) is 1. The van der Waals surface area contributed by atoms with Crippen molar-refractivity contribution in [1.29, 1.82) is 0 Å². The topological polar surface area (TPSA) is 59.9 Å². The van der Waals surface area contributed by atoms with Crippen molar-refractivity contribution < 1.29 is 4.74 Å². The second-order valence-corrected chi connectivity index (χ2v) is 4.72. The van der Waals surface area contributed by atoms with Gasteiger partial charge in [0.25, 0.3) is 0 Å². The highest BCUT2D eigenvalue weighted by molar-refractivity contribution is 7.18. The van der Waals surface area contributed by atoms with E-state index >= 15 is 0 Å². The van der Waals surface area contributed by atoms with Crippen LogP contribution in [0.2, 0.25) is 0 Å². The minimum Gasteiger partial charge on any atom is -0.489 e. The summed E-state index contributed by atoms with van der Waals surface area (Å²) in [5, 5.41) is 12.7. The van der Waals surface area contributed by atoms with E-state index in [-0.39, 0.29) is 6.10 Å². The van der Waals surface area contributed by atoms with Gasteiger partial charge in [-0.25, -0.2) is 0 Å². The van der Waals surface area contributed by atoms with Crippen LogP contribution >= 0.6 is 11.3 Å². The predicted octanol–water partition coefficient (Wildman–Crippen LogP) is 2.43. The monoisotopic (exact) mass is 250 g/mol. The number of aromatic nitrogens is 3. The fraction of sp³-hybridized carbons (Fsp3) is 0.364. The smallest absolute Gasteiger partial charge is 0.205 e. The predicted molar refractivity (Wildman–Crippen MR) is 68.5 cm³/mol. The second kappa shape index (κ2) is 5.09. The third-order valence-electron chi connectivity index (χ3n) is 1.97. The van der Waals surface area contributed by atoms with Gasteiger partial charge in [0.05, 0.1) is 12.3 Å². The van der Waals surface area contributed by atoms with Gasteiger partial charge in [0.2, 0.25) is 5.13 Å². The highest BCUT2D eigenvalue weighted by atomic mass is 32.1. The Kier molecular flexibility index (Phi) is 3.53. The zero-order chi connectivity index (χ0) is 12.3. The molecule has 0 amide bonds. The molecule has 0 aliphatic carbocycles. The van der Waals surface area contributed by atoms with Crippen LogP contribution in [-0.4, -0.2) is 28.3 Å². The van der Waals surface area contributed by atoms with Crippen molar-refractivity contribution in [3.05, 3.63) is 18.5 Å². The summed E-state index contributed by atoms with van der Waals surface area (Å²) in [5.41, 5.74) is 0.919. The van der Waals surface area contributed by atoms with Crippen LogP contribution in [0.3, 0.4) is 0 Å². The number of rotatable bonds is 4. The lowest BCUT2D eigenvalue weighted by atomic mass is 10.3. The Morgan fingerprint density at radius 1 is 1.29 bits per heavy atom. The molecule has 90 valence electrons. The molecule has 2 rings (SSSR count). The minimum atomic E-state index is 0.134. The van der Waals surface area contributed by atoms with E-state index in [2.05, 4.69) is 20.5 Å². The van der Waals surface area contributed by atoms with E-state index in [9.17, 15) is 0 Å². The number of pyridine rings is 1. The zero-order valence-electron chi connectivity index (χ0n) is 9.97. The van der Waals surface area contributed by atoms with Crippen LogP contribution in [-0.2, 0) is 0 Å². The first-order chi connectivity index (χ1) is 8.19. The Labute approximate surface area is 104 Å². The summed E-state index contributed by atoms with van der Waals surface area (Å²) in [5.74, 6) is 0.749. The van der Waals surface area contributed by atoms with Crippen LogP contribution in [0.5, 0.6) is 5.75 Å². The molecule has 0 aromatic carbocycles. The molecule has 0 radical (unpaired) electrons. The summed E-state index contributed by atoms with van der Waals surface area (Å²) >= 11 is 1.48. The molecule has 5 nitrogen and oxygen atoms in total. The van der Waals surface area contributed by atoms with Gasteiger partial charge in [-0.3, -0.25) is 4.98 Å². The van der Waals surface area contributed by atoms with Crippen LogP contribution in [0, 0.1) is 0 Å². The van der Waals surface area contributed by atoms with Crippen molar-refractivity contribution in [3.8, 4) is 16.3 Å². The summed E-state index contributed by atoms with van der Waals surface area (Å²) < 4.78 is 5.59. The standard InChI is InChI=1S/C11H14N4OS/c1-7(2)16-9-4-8(5-13-6-9)10-14-15-11(12-3)17-10/h4-7H,1-3H3,(H,12,15). The number of nitrogens with zero attached hydrogens (tertiary/aromatic N) is 3. The molecule has 0 aliphatic heterocycles. The molecule has 0 saturated heterocycles. The normalized spacial score (nSPS) is 10.6. The Bertz CT molecular complexity index is 498. The summed E-state index contributed by atoms with van der Waals surface area (Å²) in [6, 6.07) is 1.92. The lowest BCUT2D eigenvalue weighted by molar-refractivity contribution is 0.241. The van der Waals surface area contributed by atoms with Gasteiger partial charge in [0.1, 0.15) is 5.75 Å². The van der Waals surface area contributed by atoms with Gasteiger partial charge in [-0.2, -0.15) is 0 Å². The van der Waals surface area contributed by atoms with Crippen molar-refractivity contribution in [1.82, 2.24) is 15.2 Å². The lowest BCUT2D eigenvalue weighted by Crippen LogP contribution is -2.05. The van der Waals surface area contributed by atoms with E-state index in [1.807, 2.05) is 27.0 Å². The maximum Gasteiger partial charge on any atom is 0.205 e. The molecule has 2 aromatic heterocycles. The van der Waals surface area contributed by atoms with Crippen LogP contribution in [0.1, 0.15) is 13.8 Å². The average Bonchev–Trinajstić information content (AvgIpc) is 2.77. The molecular formula is C11H14N4OS. The highest BCUT2D eigenvalue weighted by Crippen LogP contribution is 2.27. The Balaban J connectivity index is 2.26. The fourth-order valence-corrected chi connectivity index (χ4v) is 1.99. The van der Waals surface area contributed by atoms with Crippen molar-refractivity contribution >= 4 is 16.5 Å². The van der Waals surface area contributed by atoms with Crippen molar-refractivity contribution in [2.75, 3.05) is 12.4 Å². The SMILES string of the molecule is CNc1nnc(-c2cncc(OC(C)C)c2)s1. The molecule has 0 bridgehead atoms. The average molecular weight is 250 g/mol. The molecule has 0 spiro atoms. The van der Waals surface area contributed by atoms with E-state index in [1.54, 1.807) is 12.4 Å². The van der Waals surface area contributed by atoms with Crippen LogP contribution < -0.4 is 10.1 Å². The molecule has 1 N–H and O–H groups in total. The summed E-state index contributed by atoms with van der Waals surface area (Å²) in [6.45, 7) is 3.97. The molecule has 17 heavy (non-hydrogen) atoms. The van der Waals surface area contributed by atoms with E-state index in [0.29, 0.717) is 0 Å². The van der Waals surface area contributed by atoms with Gasteiger partial charge in [-0.15, -0.1) is 10.2 Å². The highest BCUT2D eigenvalue weighted by Gasteiger charge is 2.07. The fourth-order valence-electron chi connectivity index (χ4n) is 1.31. The van der Waals surface area contributed by atoms with Crippen molar-refractivity contribution in [2.24, 2.45) is 0 Å². The molecule has 0 saturated carbocycles. The Hall–Kier alpha value is -1.69. The summed E-state index contributed by atoms with van der Waals surface area (Å²) in [7, 11) is 1.82. The number of ether oxygens (including phenoxy) is 1. The van der Waals surface area contributed by atoms with E-state index < -0.39 is 0 Å². The van der Waals surface area contributed by atoms with Gasteiger partial charge < -0.3 is 10.1 Å². The van der Waals surface area contributed by atoms with Gasteiger partial charge in [0, 0.05) is 18.8 Å². The van der Waals surface area contributed by atoms with E-state index in [0.717, 1.165) is 21.5 Å². The lowest BCUT2D eigenvalue weighted by Gasteiger charge is -2.09. The third kappa shape index (κ3) is 2.91. The van der Waals surface area contributed by atoms with Gasteiger partial charge >= 0.3 is 0 Å². The zero-order valence-corrected chi connectivity index (χ0v) is 10.8. The number of anilines is 1. The molecule has 2 heterocycles. The molecular weight excluding hydrogens is 236 g/mol. The first-order valence-electron chi connectivity index (χ1n) is 5.32. The first kappa shape index (κ1) is 11.8. The summed E-state index contributed by atoms with van der Waals surface area (Å²) in [6.07, 6.45) is 3.59. The quantitative estimate of drug-likeness (QED) is 0.903. The first-order valence-corrected chi connectivity index (χ1v) is 6.14. The molecule has 2 aromatic rings. The summed E-state index contributed by atoms with van der Waals surface area (Å²) in [4.78, 5) is 4.14. The second-order valence-electron chi connectivity index (χ2n) is 3.74. The maximum atomic E-state index is 5.59. The van der Waals surface area contributed by atoms with Gasteiger partial charge in [-0.1, -0.05) is 11.3 Å². The molecule has 0 atom stereocenters. The largest absolute Gasteiger partial charge is 0.489 e. The molecule has 0 aliphatic rings. The molecule has 6 heteroatoms. The Morgan fingerprint density at radius 3 is 2.76 bits per heavy atom. The Morgan fingerprint density at radius 2 is 2.12 bits per heavy atom. The van der Waals surface area contributed by atoms with Crippen LogP contribution in [0.25, 0.3) is 10.6 Å². The third-order valence-corrected chi connectivity index (χ3v) is 2.96. The minimum absolute atomic E-state index is 0.134. The van der Waals surface area contributed by atoms with E-state index in [1.165, 1.54) is 11.3 Å². The number of hydrogen-bond acceptors (Lipinski definition) is 6. The molecule has 0 fully saturated rings. The van der Waals surface area contributed by atoms with Gasteiger partial charge in [0.15, 0.2) is 5.01 Å².